The summed E-state index contributed by atoms with van der Waals surface area (Å²) < 4.78 is 2.26. The van der Waals surface area contributed by atoms with Gasteiger partial charge in [-0.2, -0.15) is 0 Å². The number of halogens is 1. The van der Waals surface area contributed by atoms with Gasteiger partial charge >= 0.3 is 0 Å². The average molecular weight is 296 g/mol. The number of thiazole rings is 1. The van der Waals surface area contributed by atoms with E-state index in [0.717, 1.165) is 23.6 Å². The van der Waals surface area contributed by atoms with Crippen LogP contribution in [-0.2, 0) is 6.54 Å². The number of hydrogen-bond donors (Lipinski definition) is 1. The fraction of sp³-hybridized carbons (Fsp3) is 0.357. The van der Waals surface area contributed by atoms with Crippen molar-refractivity contribution < 1.29 is 0 Å². The van der Waals surface area contributed by atoms with Gasteiger partial charge in [-0.1, -0.05) is 25.5 Å². The van der Waals surface area contributed by atoms with Gasteiger partial charge in [0.05, 0.1) is 11.0 Å². The molecule has 0 atom stereocenters. The van der Waals surface area contributed by atoms with Gasteiger partial charge in [0.2, 0.25) is 0 Å². The van der Waals surface area contributed by atoms with Crippen molar-refractivity contribution >= 4 is 39.7 Å². The lowest BCUT2D eigenvalue weighted by atomic mass is 10.3. The predicted octanol–water partition coefficient (Wildman–Crippen LogP) is 3.86. The monoisotopic (exact) mass is 295 g/mol. The van der Waals surface area contributed by atoms with Crippen LogP contribution in [0.1, 0.15) is 25.5 Å². The van der Waals surface area contributed by atoms with E-state index in [4.69, 9.17) is 0 Å². The number of imidazole rings is 1. The van der Waals surface area contributed by atoms with E-state index >= 15 is 0 Å². The Kier molecular flexibility index (Phi) is 4.80. The van der Waals surface area contributed by atoms with Gasteiger partial charge in [-0.05, 0) is 25.1 Å². The fourth-order valence-electron chi connectivity index (χ4n) is 2.17. The molecule has 0 aliphatic heterocycles. The van der Waals surface area contributed by atoms with Crippen molar-refractivity contribution in [2.45, 2.75) is 26.3 Å². The number of fused-ring (bicyclic) bond motifs is 3. The molecule has 1 aromatic carbocycles. The first kappa shape index (κ1) is 14.3. The highest BCUT2D eigenvalue weighted by Crippen LogP contribution is 2.23. The SMILES string of the molecule is CCCCNCc1csc2nc3ccccc3n12.Cl. The Labute approximate surface area is 123 Å². The van der Waals surface area contributed by atoms with Crippen molar-refractivity contribution in [3.8, 4) is 0 Å². The van der Waals surface area contributed by atoms with Crippen LogP contribution < -0.4 is 5.32 Å². The van der Waals surface area contributed by atoms with E-state index in [2.05, 4.69) is 45.2 Å². The Morgan fingerprint density at radius 2 is 2.16 bits per heavy atom. The maximum atomic E-state index is 4.63. The molecule has 3 aromatic rings. The number of rotatable bonds is 5. The highest BCUT2D eigenvalue weighted by Gasteiger charge is 2.09. The molecule has 0 bridgehead atoms. The highest BCUT2D eigenvalue weighted by molar-refractivity contribution is 7.15. The first-order chi connectivity index (χ1) is 8.90. The molecule has 0 unspecified atom stereocenters. The van der Waals surface area contributed by atoms with Gasteiger partial charge in [0.15, 0.2) is 4.96 Å². The molecule has 19 heavy (non-hydrogen) atoms. The highest BCUT2D eigenvalue weighted by atomic mass is 35.5. The molecule has 0 aliphatic carbocycles. The minimum atomic E-state index is 0. The molecule has 5 heteroatoms. The molecule has 0 aliphatic rings. The van der Waals surface area contributed by atoms with Crippen molar-refractivity contribution in [1.29, 1.82) is 0 Å². The zero-order valence-electron chi connectivity index (χ0n) is 10.9. The van der Waals surface area contributed by atoms with E-state index in [-0.39, 0.29) is 12.4 Å². The molecular weight excluding hydrogens is 278 g/mol. The van der Waals surface area contributed by atoms with E-state index < -0.39 is 0 Å². The summed E-state index contributed by atoms with van der Waals surface area (Å²) in [6, 6.07) is 8.32. The Morgan fingerprint density at radius 3 is 3.00 bits per heavy atom. The number of nitrogens with zero attached hydrogens (tertiary/aromatic N) is 2. The van der Waals surface area contributed by atoms with Crippen LogP contribution >= 0.6 is 23.7 Å². The Bertz CT molecular complexity index is 659. The molecule has 0 saturated heterocycles. The van der Waals surface area contributed by atoms with Crippen LogP contribution in [0.4, 0.5) is 0 Å². The molecule has 2 aromatic heterocycles. The Hall–Kier alpha value is -1.10. The quantitative estimate of drug-likeness (QED) is 0.724. The Morgan fingerprint density at radius 1 is 1.32 bits per heavy atom. The van der Waals surface area contributed by atoms with Crippen molar-refractivity contribution in [3.63, 3.8) is 0 Å². The van der Waals surface area contributed by atoms with Gasteiger partial charge in [0.25, 0.3) is 0 Å². The van der Waals surface area contributed by atoms with Crippen LogP contribution in [0, 0.1) is 0 Å². The normalized spacial score (nSPS) is 11.0. The van der Waals surface area contributed by atoms with Crippen LogP contribution in [0.15, 0.2) is 29.6 Å². The lowest BCUT2D eigenvalue weighted by Crippen LogP contribution is -2.15. The summed E-state index contributed by atoms with van der Waals surface area (Å²) in [6.45, 7) is 4.22. The second kappa shape index (κ2) is 6.37. The van der Waals surface area contributed by atoms with Crippen molar-refractivity contribution in [3.05, 3.63) is 35.3 Å². The fourth-order valence-corrected chi connectivity index (χ4v) is 3.08. The van der Waals surface area contributed by atoms with Crippen LogP contribution in [-0.4, -0.2) is 15.9 Å². The maximum Gasteiger partial charge on any atom is 0.194 e. The number of benzene rings is 1. The standard InChI is InChI=1S/C14H17N3S.ClH/c1-2-3-8-15-9-11-10-18-14-16-12-6-4-5-7-13(12)17(11)14;/h4-7,10,15H,2-3,8-9H2,1H3;1H. The lowest BCUT2D eigenvalue weighted by Gasteiger charge is -2.03. The van der Waals surface area contributed by atoms with Gasteiger partial charge in [0, 0.05) is 17.6 Å². The second-order valence-electron chi connectivity index (χ2n) is 4.48. The first-order valence-corrected chi connectivity index (χ1v) is 7.32. The van der Waals surface area contributed by atoms with Crippen LogP contribution in [0.5, 0.6) is 0 Å². The zero-order chi connectivity index (χ0) is 12.4. The minimum Gasteiger partial charge on any atom is -0.311 e. The number of nitrogens with one attached hydrogen (secondary N) is 1. The smallest absolute Gasteiger partial charge is 0.194 e. The van der Waals surface area contributed by atoms with E-state index in [1.54, 1.807) is 11.3 Å². The third kappa shape index (κ3) is 2.76. The van der Waals surface area contributed by atoms with E-state index in [0.29, 0.717) is 0 Å². The van der Waals surface area contributed by atoms with Gasteiger partial charge in [0.1, 0.15) is 0 Å². The Balaban J connectivity index is 0.00000133. The third-order valence-electron chi connectivity index (χ3n) is 3.13. The van der Waals surface area contributed by atoms with E-state index in [1.165, 1.54) is 24.1 Å². The van der Waals surface area contributed by atoms with Crippen LogP contribution in [0.3, 0.4) is 0 Å². The molecule has 3 nitrogen and oxygen atoms in total. The molecule has 0 saturated carbocycles. The van der Waals surface area contributed by atoms with Gasteiger partial charge < -0.3 is 5.32 Å². The van der Waals surface area contributed by atoms with Crippen LogP contribution in [0.2, 0.25) is 0 Å². The largest absolute Gasteiger partial charge is 0.311 e. The zero-order valence-corrected chi connectivity index (χ0v) is 12.6. The molecule has 1 N–H and O–H groups in total. The molecule has 0 radical (unpaired) electrons. The summed E-state index contributed by atoms with van der Waals surface area (Å²) in [5.74, 6) is 0. The predicted molar refractivity (Wildman–Crippen MR) is 84.4 cm³/mol. The molecule has 102 valence electrons. The second-order valence-corrected chi connectivity index (χ2v) is 5.31. The molecule has 2 heterocycles. The minimum absolute atomic E-state index is 0. The number of para-hydroxylation sites is 2. The van der Waals surface area contributed by atoms with Crippen LogP contribution in [0.25, 0.3) is 16.0 Å². The molecular formula is C14H18ClN3S. The van der Waals surface area contributed by atoms with Gasteiger partial charge in [-0.3, -0.25) is 4.40 Å². The average Bonchev–Trinajstić information content (AvgIpc) is 2.94. The third-order valence-corrected chi connectivity index (χ3v) is 4.01. The molecule has 0 spiro atoms. The summed E-state index contributed by atoms with van der Waals surface area (Å²) in [4.78, 5) is 5.72. The molecule has 0 amide bonds. The van der Waals surface area contributed by atoms with E-state index in [9.17, 15) is 0 Å². The summed E-state index contributed by atoms with van der Waals surface area (Å²) in [6.07, 6.45) is 2.47. The number of aromatic nitrogens is 2. The maximum absolute atomic E-state index is 4.63. The van der Waals surface area contributed by atoms with Crippen molar-refractivity contribution in [1.82, 2.24) is 14.7 Å². The molecule has 0 fully saturated rings. The number of unbranched alkanes of at least 4 members (excludes halogenated alkanes) is 1. The topological polar surface area (TPSA) is 29.3 Å². The summed E-state index contributed by atoms with van der Waals surface area (Å²) in [5.41, 5.74) is 3.60. The summed E-state index contributed by atoms with van der Waals surface area (Å²) in [7, 11) is 0. The van der Waals surface area contributed by atoms with Gasteiger partial charge in [-0.15, -0.1) is 23.7 Å². The van der Waals surface area contributed by atoms with Crippen molar-refractivity contribution in [2.24, 2.45) is 0 Å². The van der Waals surface area contributed by atoms with Crippen molar-refractivity contribution in [2.75, 3.05) is 6.54 Å². The van der Waals surface area contributed by atoms with Gasteiger partial charge in [-0.25, -0.2) is 4.98 Å². The number of hydrogen-bond acceptors (Lipinski definition) is 3. The summed E-state index contributed by atoms with van der Waals surface area (Å²) in [5, 5.41) is 5.70. The van der Waals surface area contributed by atoms with E-state index in [1.807, 2.05) is 6.07 Å². The summed E-state index contributed by atoms with van der Waals surface area (Å²) >= 11 is 1.72. The molecule has 3 rings (SSSR count). The first-order valence-electron chi connectivity index (χ1n) is 6.44. The lowest BCUT2D eigenvalue weighted by molar-refractivity contribution is 0.632.